The van der Waals surface area contributed by atoms with Crippen molar-refractivity contribution in [2.45, 2.75) is 17.8 Å². The smallest absolute Gasteiger partial charge is 0.187 e. The van der Waals surface area contributed by atoms with Crippen molar-refractivity contribution < 1.29 is 8.78 Å². The zero-order chi connectivity index (χ0) is 19.0. The number of benzene rings is 1. The Balaban J connectivity index is 1.88. The van der Waals surface area contributed by atoms with Gasteiger partial charge in [0.25, 0.3) is 0 Å². The van der Waals surface area contributed by atoms with Gasteiger partial charge < -0.3 is 0 Å². The number of halogens is 2. The normalized spacial score (nSPS) is 11.2. The van der Waals surface area contributed by atoms with Crippen LogP contribution in [0.15, 0.2) is 47.9 Å². The van der Waals surface area contributed by atoms with Crippen molar-refractivity contribution in [3.8, 4) is 5.69 Å². The molecule has 0 saturated heterocycles. The van der Waals surface area contributed by atoms with Crippen LogP contribution in [0.4, 0.5) is 8.78 Å². The molecular formula is C18H14F2N6S. The third-order valence-corrected chi connectivity index (χ3v) is 5.07. The minimum atomic E-state index is -0.978. The van der Waals surface area contributed by atoms with Crippen LogP contribution >= 0.6 is 11.8 Å². The SMILES string of the molecule is Cc1[nH]nc2nc(SCc3ccncc3)n(-c3ccc(F)c(F)c3)c(=N)c12. The highest BCUT2D eigenvalue weighted by Gasteiger charge is 2.16. The molecule has 0 aliphatic rings. The minimum Gasteiger partial charge on any atom is -0.283 e. The molecule has 0 radical (unpaired) electrons. The van der Waals surface area contributed by atoms with Crippen LogP contribution in [-0.4, -0.2) is 24.7 Å². The summed E-state index contributed by atoms with van der Waals surface area (Å²) in [6.45, 7) is 1.79. The van der Waals surface area contributed by atoms with E-state index in [2.05, 4.69) is 20.2 Å². The summed E-state index contributed by atoms with van der Waals surface area (Å²) in [6.07, 6.45) is 3.39. The van der Waals surface area contributed by atoms with E-state index in [1.165, 1.54) is 22.4 Å². The molecule has 4 rings (SSSR count). The van der Waals surface area contributed by atoms with E-state index in [0.29, 0.717) is 33.3 Å². The van der Waals surface area contributed by atoms with Crippen LogP contribution in [0.3, 0.4) is 0 Å². The second kappa shape index (κ2) is 6.92. The average molecular weight is 384 g/mol. The maximum absolute atomic E-state index is 13.8. The molecule has 0 atom stereocenters. The van der Waals surface area contributed by atoms with E-state index in [1.807, 2.05) is 12.1 Å². The van der Waals surface area contributed by atoms with Gasteiger partial charge in [-0.15, -0.1) is 0 Å². The van der Waals surface area contributed by atoms with Crippen LogP contribution in [0.5, 0.6) is 0 Å². The highest BCUT2D eigenvalue weighted by atomic mass is 32.2. The quantitative estimate of drug-likeness (QED) is 0.417. The summed E-state index contributed by atoms with van der Waals surface area (Å²) < 4.78 is 28.7. The largest absolute Gasteiger partial charge is 0.283 e. The highest BCUT2D eigenvalue weighted by Crippen LogP contribution is 2.25. The van der Waals surface area contributed by atoms with Crippen molar-refractivity contribution in [1.29, 1.82) is 5.41 Å². The van der Waals surface area contributed by atoms with Gasteiger partial charge >= 0.3 is 0 Å². The van der Waals surface area contributed by atoms with E-state index < -0.39 is 11.6 Å². The van der Waals surface area contributed by atoms with E-state index in [4.69, 9.17) is 5.41 Å². The molecule has 0 saturated carbocycles. The van der Waals surface area contributed by atoms with Gasteiger partial charge in [-0.1, -0.05) is 11.8 Å². The van der Waals surface area contributed by atoms with E-state index in [1.54, 1.807) is 19.3 Å². The molecule has 1 aromatic carbocycles. The number of rotatable bonds is 4. The zero-order valence-corrected chi connectivity index (χ0v) is 15.0. The van der Waals surface area contributed by atoms with Gasteiger partial charge in [-0.25, -0.2) is 13.8 Å². The summed E-state index contributed by atoms with van der Waals surface area (Å²) in [4.78, 5) is 8.52. The molecule has 136 valence electrons. The first-order chi connectivity index (χ1) is 13.0. The number of aromatic amines is 1. The van der Waals surface area contributed by atoms with Crippen molar-refractivity contribution in [1.82, 2.24) is 24.7 Å². The molecular weight excluding hydrogens is 370 g/mol. The number of pyridine rings is 1. The summed E-state index contributed by atoms with van der Waals surface area (Å²) in [7, 11) is 0. The van der Waals surface area contributed by atoms with Gasteiger partial charge in [-0.2, -0.15) is 5.10 Å². The maximum atomic E-state index is 13.8. The first kappa shape index (κ1) is 17.3. The third-order valence-electron chi connectivity index (χ3n) is 4.06. The minimum absolute atomic E-state index is 0.106. The van der Waals surface area contributed by atoms with Crippen LogP contribution in [0.1, 0.15) is 11.3 Å². The monoisotopic (exact) mass is 384 g/mol. The Morgan fingerprint density at radius 3 is 2.67 bits per heavy atom. The molecule has 3 aromatic heterocycles. The number of H-pyrrole nitrogens is 1. The van der Waals surface area contributed by atoms with Crippen LogP contribution < -0.4 is 5.49 Å². The van der Waals surface area contributed by atoms with Gasteiger partial charge in [-0.3, -0.25) is 20.1 Å². The molecule has 0 unspecified atom stereocenters. The van der Waals surface area contributed by atoms with E-state index in [9.17, 15) is 8.78 Å². The molecule has 0 bridgehead atoms. The summed E-state index contributed by atoms with van der Waals surface area (Å²) >= 11 is 1.38. The molecule has 0 aliphatic carbocycles. The Morgan fingerprint density at radius 2 is 1.93 bits per heavy atom. The molecule has 4 aromatic rings. The fraction of sp³-hybridized carbons (Fsp3) is 0.111. The summed E-state index contributed by atoms with van der Waals surface area (Å²) in [5.74, 6) is -1.34. The average Bonchev–Trinajstić information content (AvgIpc) is 3.04. The van der Waals surface area contributed by atoms with Crippen molar-refractivity contribution in [3.63, 3.8) is 0 Å². The number of nitrogens with zero attached hydrogens (tertiary/aromatic N) is 4. The lowest BCUT2D eigenvalue weighted by molar-refractivity contribution is 0.507. The molecule has 3 heterocycles. The molecule has 9 heteroatoms. The molecule has 0 spiro atoms. The Hall–Kier alpha value is -3.07. The zero-order valence-electron chi connectivity index (χ0n) is 14.2. The Labute approximate surface area is 156 Å². The first-order valence-corrected chi connectivity index (χ1v) is 9.02. The van der Waals surface area contributed by atoms with Crippen molar-refractivity contribution in [3.05, 3.63) is 71.1 Å². The van der Waals surface area contributed by atoms with Gasteiger partial charge in [0.2, 0.25) is 0 Å². The maximum Gasteiger partial charge on any atom is 0.187 e. The number of aromatic nitrogens is 5. The number of aryl methyl sites for hydroxylation is 1. The van der Waals surface area contributed by atoms with E-state index in [-0.39, 0.29) is 5.49 Å². The second-order valence-corrected chi connectivity index (χ2v) is 6.81. The van der Waals surface area contributed by atoms with Crippen molar-refractivity contribution >= 4 is 22.8 Å². The van der Waals surface area contributed by atoms with Gasteiger partial charge in [-0.05, 0) is 36.8 Å². The van der Waals surface area contributed by atoms with Gasteiger partial charge in [0.1, 0.15) is 5.49 Å². The standard InChI is InChI=1S/C18H14F2N6S/c1-10-15-16(21)26(12-2-3-13(19)14(20)8-12)18(23-17(15)25-24-10)27-9-11-4-6-22-7-5-11/h2-8,21H,9H2,1H3,(H,24,25). The Bertz CT molecular complexity index is 1190. The van der Waals surface area contributed by atoms with E-state index in [0.717, 1.165) is 17.7 Å². The lowest BCUT2D eigenvalue weighted by Gasteiger charge is -2.13. The molecule has 27 heavy (non-hydrogen) atoms. The fourth-order valence-corrected chi connectivity index (χ4v) is 3.68. The summed E-state index contributed by atoms with van der Waals surface area (Å²) in [5, 5.41) is 16.6. The summed E-state index contributed by atoms with van der Waals surface area (Å²) in [6, 6.07) is 7.30. The fourth-order valence-electron chi connectivity index (χ4n) is 2.72. The number of thioether (sulfide) groups is 1. The number of hydrogen-bond acceptors (Lipinski definition) is 5. The summed E-state index contributed by atoms with van der Waals surface area (Å²) in [5.41, 5.74) is 2.55. The molecule has 0 aliphatic heterocycles. The number of nitrogens with one attached hydrogen (secondary N) is 2. The molecule has 0 amide bonds. The lowest BCUT2D eigenvalue weighted by Crippen LogP contribution is -2.22. The number of fused-ring (bicyclic) bond motifs is 1. The molecule has 0 fully saturated rings. The topological polar surface area (TPSA) is 83.2 Å². The highest BCUT2D eigenvalue weighted by molar-refractivity contribution is 7.98. The van der Waals surface area contributed by atoms with Crippen LogP contribution in [-0.2, 0) is 5.75 Å². The van der Waals surface area contributed by atoms with Crippen LogP contribution in [0.2, 0.25) is 0 Å². The molecule has 6 nitrogen and oxygen atoms in total. The second-order valence-electron chi connectivity index (χ2n) is 5.87. The lowest BCUT2D eigenvalue weighted by atomic mass is 10.2. The van der Waals surface area contributed by atoms with Crippen molar-refractivity contribution in [2.75, 3.05) is 0 Å². The number of hydrogen-bond donors (Lipinski definition) is 2. The van der Waals surface area contributed by atoms with Gasteiger partial charge in [0.05, 0.1) is 11.1 Å². The van der Waals surface area contributed by atoms with Crippen LogP contribution in [0, 0.1) is 24.0 Å². The third kappa shape index (κ3) is 3.21. The van der Waals surface area contributed by atoms with Gasteiger partial charge in [0, 0.05) is 29.9 Å². The molecule has 2 N–H and O–H groups in total. The van der Waals surface area contributed by atoms with Crippen molar-refractivity contribution in [2.24, 2.45) is 0 Å². The predicted octanol–water partition coefficient (Wildman–Crippen LogP) is 3.50. The van der Waals surface area contributed by atoms with E-state index >= 15 is 0 Å². The first-order valence-electron chi connectivity index (χ1n) is 8.04. The Morgan fingerprint density at radius 1 is 1.15 bits per heavy atom. The predicted molar refractivity (Wildman–Crippen MR) is 97.5 cm³/mol. The van der Waals surface area contributed by atoms with Crippen LogP contribution in [0.25, 0.3) is 16.7 Å². The van der Waals surface area contributed by atoms with Gasteiger partial charge in [0.15, 0.2) is 22.4 Å². The Kier molecular flexibility index (Phi) is 4.44.